The van der Waals surface area contributed by atoms with Crippen LogP contribution in [0.4, 0.5) is 0 Å². The molecule has 0 rings (SSSR count). The maximum atomic E-state index is 9.53. The van der Waals surface area contributed by atoms with E-state index in [-0.39, 0.29) is 6.42 Å². The van der Waals surface area contributed by atoms with Gasteiger partial charge in [-0.25, -0.2) is 0 Å². The van der Waals surface area contributed by atoms with Gasteiger partial charge < -0.3 is 15.3 Å². The lowest BCUT2D eigenvalue weighted by molar-refractivity contribution is -0.229. The Labute approximate surface area is 99.5 Å². The Kier molecular flexibility index (Phi) is 8.90. The highest BCUT2D eigenvalue weighted by Gasteiger charge is 2.30. The van der Waals surface area contributed by atoms with Crippen LogP contribution in [0.15, 0.2) is 0 Å². The van der Waals surface area contributed by atoms with Crippen molar-refractivity contribution in [3.8, 4) is 0 Å². The highest BCUT2D eigenvalue weighted by molar-refractivity contribution is 4.73. The summed E-state index contributed by atoms with van der Waals surface area (Å²) in [5.41, 5.74) is 0. The van der Waals surface area contributed by atoms with Crippen LogP contribution in [0.25, 0.3) is 0 Å². The average molecular weight is 232 g/mol. The zero-order chi connectivity index (χ0) is 12.4. The van der Waals surface area contributed by atoms with Gasteiger partial charge in [0.05, 0.1) is 0 Å². The van der Waals surface area contributed by atoms with Gasteiger partial charge in [-0.15, -0.1) is 0 Å². The lowest BCUT2D eigenvalue weighted by Gasteiger charge is -2.26. The van der Waals surface area contributed by atoms with E-state index in [0.29, 0.717) is 6.42 Å². The molecule has 1 unspecified atom stereocenters. The first-order valence-corrected chi connectivity index (χ1v) is 6.67. The molecule has 0 heterocycles. The van der Waals surface area contributed by atoms with Crippen LogP contribution < -0.4 is 0 Å². The Morgan fingerprint density at radius 3 is 1.88 bits per heavy atom. The number of rotatable bonds is 10. The molecule has 0 amide bonds. The molecular formula is C13H28O3. The number of hydrogen-bond donors (Lipinski definition) is 3. The molecule has 0 aromatic heterocycles. The Morgan fingerprint density at radius 2 is 1.38 bits per heavy atom. The highest BCUT2D eigenvalue weighted by atomic mass is 16.5. The van der Waals surface area contributed by atoms with E-state index >= 15 is 0 Å². The molecule has 0 spiro atoms. The minimum Gasteiger partial charge on any atom is -0.388 e. The highest BCUT2D eigenvalue weighted by Crippen LogP contribution is 2.19. The summed E-state index contributed by atoms with van der Waals surface area (Å²) in [5, 5.41) is 28.4. The molecule has 3 heteroatoms. The Bertz CT molecular complexity index is 157. The average Bonchev–Trinajstić information content (AvgIpc) is 2.26. The first-order valence-electron chi connectivity index (χ1n) is 6.67. The van der Waals surface area contributed by atoms with Gasteiger partial charge in [0.15, 0.2) is 5.79 Å². The van der Waals surface area contributed by atoms with Gasteiger partial charge in [-0.1, -0.05) is 52.4 Å². The Balaban J connectivity index is 3.43. The second kappa shape index (κ2) is 8.97. The summed E-state index contributed by atoms with van der Waals surface area (Å²) >= 11 is 0. The minimum atomic E-state index is -1.89. The molecular weight excluding hydrogens is 204 g/mol. The fourth-order valence-electron chi connectivity index (χ4n) is 1.84. The summed E-state index contributed by atoms with van der Waals surface area (Å²) in [4.78, 5) is 0. The molecule has 0 aliphatic carbocycles. The maximum Gasteiger partial charge on any atom is 0.189 e. The van der Waals surface area contributed by atoms with E-state index in [9.17, 15) is 15.3 Å². The standard InChI is InChI=1S/C13H28O3/c1-3-5-6-7-8-9-10-11-13(15,16)12(14)4-2/h12,14-16H,3-11H2,1-2H3. The molecule has 1 atom stereocenters. The van der Waals surface area contributed by atoms with Crippen molar-refractivity contribution in [2.45, 2.75) is 83.5 Å². The van der Waals surface area contributed by atoms with Crippen LogP contribution in [0.2, 0.25) is 0 Å². The van der Waals surface area contributed by atoms with Crippen molar-refractivity contribution in [1.82, 2.24) is 0 Å². The van der Waals surface area contributed by atoms with Gasteiger partial charge in [-0.2, -0.15) is 0 Å². The molecule has 0 bridgehead atoms. The van der Waals surface area contributed by atoms with Gasteiger partial charge in [0.25, 0.3) is 0 Å². The number of aliphatic hydroxyl groups is 3. The number of hydrogen-bond acceptors (Lipinski definition) is 3. The van der Waals surface area contributed by atoms with E-state index in [4.69, 9.17) is 0 Å². The third kappa shape index (κ3) is 7.20. The van der Waals surface area contributed by atoms with E-state index in [1.807, 2.05) is 0 Å². The molecule has 16 heavy (non-hydrogen) atoms. The van der Waals surface area contributed by atoms with E-state index < -0.39 is 11.9 Å². The first-order chi connectivity index (χ1) is 7.54. The predicted octanol–water partition coefficient (Wildman–Crippen LogP) is 2.58. The summed E-state index contributed by atoms with van der Waals surface area (Å²) in [6.07, 6.45) is 7.62. The molecule has 0 aromatic carbocycles. The number of aliphatic hydroxyl groups excluding tert-OH is 1. The Hall–Kier alpha value is -0.120. The van der Waals surface area contributed by atoms with Crippen LogP contribution >= 0.6 is 0 Å². The summed E-state index contributed by atoms with van der Waals surface area (Å²) < 4.78 is 0. The van der Waals surface area contributed by atoms with Gasteiger partial charge in [0.1, 0.15) is 6.10 Å². The van der Waals surface area contributed by atoms with Crippen molar-refractivity contribution in [2.75, 3.05) is 0 Å². The van der Waals surface area contributed by atoms with Crippen LogP contribution in [0.1, 0.15) is 71.6 Å². The predicted molar refractivity (Wildman–Crippen MR) is 66.1 cm³/mol. The van der Waals surface area contributed by atoms with Crippen LogP contribution in [0.3, 0.4) is 0 Å². The van der Waals surface area contributed by atoms with Gasteiger partial charge in [0.2, 0.25) is 0 Å². The van der Waals surface area contributed by atoms with Crippen LogP contribution in [0, 0.1) is 0 Å². The van der Waals surface area contributed by atoms with Crippen molar-refractivity contribution < 1.29 is 15.3 Å². The summed E-state index contributed by atoms with van der Waals surface area (Å²) in [7, 11) is 0. The smallest absolute Gasteiger partial charge is 0.189 e. The molecule has 0 radical (unpaired) electrons. The SMILES string of the molecule is CCCCCCCCCC(O)(O)C(O)CC. The molecule has 0 saturated carbocycles. The van der Waals surface area contributed by atoms with E-state index in [2.05, 4.69) is 6.92 Å². The molecule has 0 aliphatic heterocycles. The van der Waals surface area contributed by atoms with Gasteiger partial charge in [-0.3, -0.25) is 0 Å². The molecule has 98 valence electrons. The Morgan fingerprint density at radius 1 is 0.875 bits per heavy atom. The molecule has 0 fully saturated rings. The second-order valence-corrected chi connectivity index (χ2v) is 4.67. The topological polar surface area (TPSA) is 60.7 Å². The second-order valence-electron chi connectivity index (χ2n) is 4.67. The van der Waals surface area contributed by atoms with Crippen molar-refractivity contribution in [3.05, 3.63) is 0 Å². The van der Waals surface area contributed by atoms with E-state index in [1.54, 1.807) is 6.92 Å². The third-order valence-electron chi connectivity index (χ3n) is 3.07. The van der Waals surface area contributed by atoms with Gasteiger partial charge in [0, 0.05) is 6.42 Å². The molecule has 0 aromatic rings. The molecule has 0 aliphatic rings. The summed E-state index contributed by atoms with van der Waals surface area (Å²) in [5.74, 6) is -1.89. The quantitative estimate of drug-likeness (QED) is 0.401. The lowest BCUT2D eigenvalue weighted by Crippen LogP contribution is -2.41. The molecule has 3 nitrogen and oxygen atoms in total. The third-order valence-corrected chi connectivity index (χ3v) is 3.07. The van der Waals surface area contributed by atoms with Crippen molar-refractivity contribution in [3.63, 3.8) is 0 Å². The van der Waals surface area contributed by atoms with Crippen LogP contribution in [-0.4, -0.2) is 27.2 Å². The monoisotopic (exact) mass is 232 g/mol. The fourth-order valence-corrected chi connectivity index (χ4v) is 1.84. The van der Waals surface area contributed by atoms with Crippen molar-refractivity contribution in [1.29, 1.82) is 0 Å². The zero-order valence-electron chi connectivity index (χ0n) is 10.8. The van der Waals surface area contributed by atoms with Crippen LogP contribution in [0.5, 0.6) is 0 Å². The van der Waals surface area contributed by atoms with Crippen LogP contribution in [-0.2, 0) is 0 Å². The molecule has 0 saturated heterocycles. The van der Waals surface area contributed by atoms with E-state index in [1.165, 1.54) is 25.7 Å². The fraction of sp³-hybridized carbons (Fsp3) is 1.00. The normalized spacial score (nSPS) is 14.1. The van der Waals surface area contributed by atoms with Crippen molar-refractivity contribution in [2.24, 2.45) is 0 Å². The summed E-state index contributed by atoms with van der Waals surface area (Å²) in [6, 6.07) is 0. The molecule has 3 N–H and O–H groups in total. The van der Waals surface area contributed by atoms with Gasteiger partial charge >= 0.3 is 0 Å². The zero-order valence-corrected chi connectivity index (χ0v) is 10.8. The van der Waals surface area contributed by atoms with Gasteiger partial charge in [-0.05, 0) is 12.8 Å². The minimum absolute atomic E-state index is 0.274. The number of unbranched alkanes of at least 4 members (excludes halogenated alkanes) is 6. The largest absolute Gasteiger partial charge is 0.388 e. The lowest BCUT2D eigenvalue weighted by atomic mass is 9.99. The van der Waals surface area contributed by atoms with Crippen molar-refractivity contribution >= 4 is 0 Å². The summed E-state index contributed by atoms with van der Waals surface area (Å²) in [6.45, 7) is 3.94. The maximum absolute atomic E-state index is 9.53. The van der Waals surface area contributed by atoms with E-state index in [0.717, 1.165) is 19.3 Å². The first kappa shape index (κ1) is 15.9.